The second kappa shape index (κ2) is 5.54. The van der Waals surface area contributed by atoms with E-state index < -0.39 is 6.10 Å². The maximum atomic E-state index is 12.4. The molecular formula is C17H26N2O3. The van der Waals surface area contributed by atoms with Gasteiger partial charge in [-0.1, -0.05) is 27.7 Å². The van der Waals surface area contributed by atoms with E-state index in [1.54, 1.807) is 13.0 Å². The fourth-order valence-electron chi connectivity index (χ4n) is 3.70. The van der Waals surface area contributed by atoms with E-state index in [2.05, 4.69) is 10.3 Å². The molecule has 5 nitrogen and oxygen atoms in total. The van der Waals surface area contributed by atoms with Crippen LogP contribution in [0.5, 0.6) is 5.75 Å². The van der Waals surface area contributed by atoms with Crippen LogP contribution in [0.1, 0.15) is 56.6 Å². The fourth-order valence-corrected chi connectivity index (χ4v) is 3.70. The van der Waals surface area contributed by atoms with Crippen LogP contribution in [0.4, 0.5) is 0 Å². The highest BCUT2D eigenvalue weighted by Crippen LogP contribution is 2.46. The Bertz CT molecular complexity index is 563. The molecule has 0 saturated heterocycles. The number of amides is 1. The summed E-state index contributed by atoms with van der Waals surface area (Å²) < 4.78 is 0. The Morgan fingerprint density at radius 1 is 1.27 bits per heavy atom. The Morgan fingerprint density at radius 3 is 2.36 bits per heavy atom. The summed E-state index contributed by atoms with van der Waals surface area (Å²) in [7, 11) is 0. The van der Waals surface area contributed by atoms with Gasteiger partial charge in [0.1, 0.15) is 5.75 Å². The minimum atomic E-state index is -0.418. The summed E-state index contributed by atoms with van der Waals surface area (Å²) in [5, 5.41) is 23.4. The first-order valence-electron chi connectivity index (χ1n) is 7.68. The van der Waals surface area contributed by atoms with Crippen molar-refractivity contribution >= 4 is 5.91 Å². The molecule has 0 aromatic carbocycles. The van der Waals surface area contributed by atoms with E-state index in [-0.39, 0.29) is 34.2 Å². The zero-order chi connectivity index (χ0) is 16.7. The van der Waals surface area contributed by atoms with Crippen LogP contribution in [-0.4, -0.2) is 33.3 Å². The van der Waals surface area contributed by atoms with Crippen LogP contribution in [-0.2, 0) is 0 Å². The third-order valence-corrected chi connectivity index (χ3v) is 4.70. The van der Waals surface area contributed by atoms with Crippen molar-refractivity contribution in [3.8, 4) is 5.75 Å². The lowest BCUT2D eigenvalue weighted by atomic mass is 9.61. The third kappa shape index (κ3) is 3.09. The van der Waals surface area contributed by atoms with Crippen LogP contribution in [0.15, 0.2) is 12.3 Å². The van der Waals surface area contributed by atoms with Crippen molar-refractivity contribution in [1.29, 1.82) is 0 Å². The SMILES string of the molecule is Cc1ccnc(C(=O)NC2CC(C)(C)C(O)C(C)(C)C2)c1O. The summed E-state index contributed by atoms with van der Waals surface area (Å²) in [5.41, 5.74) is 0.130. The number of aryl methyl sites for hydroxylation is 1. The standard InChI is InChI=1S/C17H26N2O3/c1-10-6-7-18-12(13(10)20)14(21)19-11-8-16(2,3)15(22)17(4,5)9-11/h6-7,11,15,20,22H,8-9H2,1-5H3,(H,19,21). The predicted octanol–water partition coefficient (Wildman–Crippen LogP) is 2.40. The first kappa shape index (κ1) is 16.7. The van der Waals surface area contributed by atoms with Gasteiger partial charge in [0, 0.05) is 12.2 Å². The number of hydrogen-bond acceptors (Lipinski definition) is 4. The summed E-state index contributed by atoms with van der Waals surface area (Å²) in [6.07, 6.45) is 2.48. The first-order valence-corrected chi connectivity index (χ1v) is 7.68. The van der Waals surface area contributed by atoms with Crippen molar-refractivity contribution in [3.63, 3.8) is 0 Å². The quantitative estimate of drug-likeness (QED) is 0.783. The molecule has 1 heterocycles. The number of hydrogen-bond donors (Lipinski definition) is 3. The summed E-state index contributed by atoms with van der Waals surface area (Å²) in [6.45, 7) is 9.79. The minimum Gasteiger partial charge on any atom is -0.505 e. The van der Waals surface area contributed by atoms with Crippen LogP contribution in [0.3, 0.4) is 0 Å². The Labute approximate surface area is 131 Å². The smallest absolute Gasteiger partial charge is 0.273 e. The highest BCUT2D eigenvalue weighted by Gasteiger charge is 2.47. The van der Waals surface area contributed by atoms with Gasteiger partial charge >= 0.3 is 0 Å². The van der Waals surface area contributed by atoms with Gasteiger partial charge in [0.2, 0.25) is 0 Å². The van der Waals surface area contributed by atoms with Gasteiger partial charge in [-0.05, 0) is 42.2 Å². The Morgan fingerprint density at radius 2 is 1.82 bits per heavy atom. The molecule has 0 spiro atoms. The molecule has 22 heavy (non-hydrogen) atoms. The maximum absolute atomic E-state index is 12.4. The van der Waals surface area contributed by atoms with Gasteiger partial charge in [0.25, 0.3) is 5.91 Å². The molecule has 0 atom stereocenters. The van der Waals surface area contributed by atoms with Crippen molar-refractivity contribution in [1.82, 2.24) is 10.3 Å². The number of aliphatic hydroxyl groups excluding tert-OH is 1. The van der Waals surface area contributed by atoms with E-state index in [9.17, 15) is 15.0 Å². The zero-order valence-electron chi connectivity index (χ0n) is 14.0. The molecule has 0 aliphatic heterocycles. The van der Waals surface area contributed by atoms with Gasteiger partial charge < -0.3 is 15.5 Å². The van der Waals surface area contributed by atoms with Gasteiger partial charge in [-0.2, -0.15) is 0 Å². The van der Waals surface area contributed by atoms with Crippen molar-refractivity contribution in [2.45, 2.75) is 59.6 Å². The Kier molecular flexibility index (Phi) is 4.22. The topological polar surface area (TPSA) is 82.5 Å². The number of nitrogens with one attached hydrogen (secondary N) is 1. The second-order valence-electron chi connectivity index (χ2n) is 7.78. The highest BCUT2D eigenvalue weighted by molar-refractivity contribution is 5.95. The third-order valence-electron chi connectivity index (χ3n) is 4.70. The largest absolute Gasteiger partial charge is 0.505 e. The summed E-state index contributed by atoms with van der Waals surface area (Å²) in [5.74, 6) is -0.441. The number of aromatic nitrogens is 1. The normalized spacial score (nSPS) is 26.5. The fraction of sp³-hybridized carbons (Fsp3) is 0.647. The molecule has 1 aliphatic rings. The molecule has 0 unspecified atom stereocenters. The van der Waals surface area contributed by atoms with E-state index in [1.165, 1.54) is 6.20 Å². The molecule has 1 fully saturated rings. The van der Waals surface area contributed by atoms with Crippen molar-refractivity contribution < 1.29 is 15.0 Å². The van der Waals surface area contributed by atoms with E-state index in [0.717, 1.165) is 0 Å². The van der Waals surface area contributed by atoms with Gasteiger partial charge in [0.15, 0.2) is 5.69 Å². The van der Waals surface area contributed by atoms with Crippen LogP contribution in [0.25, 0.3) is 0 Å². The van der Waals surface area contributed by atoms with Crippen LogP contribution in [0.2, 0.25) is 0 Å². The second-order valence-corrected chi connectivity index (χ2v) is 7.78. The molecule has 0 radical (unpaired) electrons. The number of aromatic hydroxyl groups is 1. The van der Waals surface area contributed by atoms with Crippen LogP contribution >= 0.6 is 0 Å². The average Bonchev–Trinajstić information content (AvgIpc) is 2.38. The van der Waals surface area contributed by atoms with Crippen LogP contribution in [0, 0.1) is 17.8 Å². The van der Waals surface area contributed by atoms with E-state index in [1.807, 2.05) is 27.7 Å². The summed E-state index contributed by atoms with van der Waals surface area (Å²) >= 11 is 0. The molecule has 122 valence electrons. The number of aliphatic hydroxyl groups is 1. The molecule has 0 bridgehead atoms. The monoisotopic (exact) mass is 306 g/mol. The summed E-state index contributed by atoms with van der Waals surface area (Å²) in [4.78, 5) is 16.4. The van der Waals surface area contributed by atoms with Gasteiger partial charge in [-0.3, -0.25) is 4.79 Å². The summed E-state index contributed by atoms with van der Waals surface area (Å²) in [6, 6.07) is 1.61. The predicted molar refractivity (Wildman–Crippen MR) is 84.7 cm³/mol. The van der Waals surface area contributed by atoms with Crippen molar-refractivity contribution in [2.24, 2.45) is 10.8 Å². The number of nitrogens with zero attached hydrogens (tertiary/aromatic N) is 1. The Hall–Kier alpha value is -1.62. The average molecular weight is 306 g/mol. The van der Waals surface area contributed by atoms with Crippen LogP contribution < -0.4 is 5.32 Å². The molecule has 1 saturated carbocycles. The number of pyridine rings is 1. The molecule has 5 heteroatoms. The first-order chi connectivity index (χ1) is 10.0. The highest BCUT2D eigenvalue weighted by atomic mass is 16.3. The molecule has 1 amide bonds. The molecule has 1 aliphatic carbocycles. The molecule has 1 aromatic rings. The molecule has 2 rings (SSSR count). The van der Waals surface area contributed by atoms with Crippen molar-refractivity contribution in [2.75, 3.05) is 0 Å². The van der Waals surface area contributed by atoms with E-state index >= 15 is 0 Å². The number of carbonyl (C=O) groups is 1. The van der Waals surface area contributed by atoms with E-state index in [4.69, 9.17) is 0 Å². The molecule has 3 N–H and O–H groups in total. The lowest BCUT2D eigenvalue weighted by Gasteiger charge is -2.49. The van der Waals surface area contributed by atoms with Gasteiger partial charge in [-0.15, -0.1) is 0 Å². The number of carbonyl (C=O) groups excluding carboxylic acids is 1. The van der Waals surface area contributed by atoms with Gasteiger partial charge in [-0.25, -0.2) is 4.98 Å². The van der Waals surface area contributed by atoms with E-state index in [0.29, 0.717) is 18.4 Å². The van der Waals surface area contributed by atoms with Gasteiger partial charge in [0.05, 0.1) is 6.10 Å². The lowest BCUT2D eigenvalue weighted by molar-refractivity contribution is -0.0845. The number of rotatable bonds is 2. The lowest BCUT2D eigenvalue weighted by Crippen LogP contribution is -2.54. The Balaban J connectivity index is 2.17. The minimum absolute atomic E-state index is 0.0531. The maximum Gasteiger partial charge on any atom is 0.273 e. The molecular weight excluding hydrogens is 280 g/mol. The zero-order valence-corrected chi connectivity index (χ0v) is 14.0. The molecule has 1 aromatic heterocycles. The van der Waals surface area contributed by atoms with Crippen molar-refractivity contribution in [3.05, 3.63) is 23.5 Å².